The Labute approximate surface area is 135 Å². The molecule has 1 aliphatic rings. The van der Waals surface area contributed by atoms with Crippen molar-refractivity contribution in [3.63, 3.8) is 0 Å². The standard InChI is InChI=1S/C16H14FN7/c1-18-15-12-5-4-11(8-2-3-8)24(12)23-16(20-15)13-10-6-9(17)7-19-14(10)22-21-13/h4-8H,2-3H2,1H3,(H,18,20,23)(H,19,21,22). The van der Waals surface area contributed by atoms with Crippen molar-refractivity contribution in [1.29, 1.82) is 0 Å². The first-order valence-corrected chi connectivity index (χ1v) is 7.82. The lowest BCUT2D eigenvalue weighted by atomic mass is 10.2. The van der Waals surface area contributed by atoms with Gasteiger partial charge in [0, 0.05) is 18.7 Å². The highest BCUT2D eigenvalue weighted by atomic mass is 19.1. The van der Waals surface area contributed by atoms with Gasteiger partial charge in [0.15, 0.2) is 11.5 Å². The summed E-state index contributed by atoms with van der Waals surface area (Å²) in [7, 11) is 1.82. The number of hydrogen-bond acceptors (Lipinski definition) is 5. The van der Waals surface area contributed by atoms with Gasteiger partial charge in [0.25, 0.3) is 0 Å². The third kappa shape index (κ3) is 1.89. The van der Waals surface area contributed by atoms with Crippen LogP contribution in [0.4, 0.5) is 10.2 Å². The molecule has 5 rings (SSSR count). The Morgan fingerprint density at radius 1 is 1.33 bits per heavy atom. The molecular formula is C16H14FN7. The Bertz CT molecular complexity index is 1080. The van der Waals surface area contributed by atoms with Crippen molar-refractivity contribution >= 4 is 22.4 Å². The highest BCUT2D eigenvalue weighted by Crippen LogP contribution is 2.41. The van der Waals surface area contributed by atoms with Crippen LogP contribution in [-0.2, 0) is 0 Å². The molecule has 24 heavy (non-hydrogen) atoms. The van der Waals surface area contributed by atoms with Crippen LogP contribution in [0.2, 0.25) is 0 Å². The van der Waals surface area contributed by atoms with Crippen LogP contribution in [0.3, 0.4) is 0 Å². The number of anilines is 1. The minimum atomic E-state index is -0.417. The Morgan fingerprint density at radius 3 is 3.00 bits per heavy atom. The number of halogens is 1. The molecule has 4 heterocycles. The maximum atomic E-state index is 13.6. The molecule has 0 aliphatic heterocycles. The summed E-state index contributed by atoms with van der Waals surface area (Å²) in [6.45, 7) is 0. The van der Waals surface area contributed by atoms with E-state index in [0.717, 1.165) is 11.7 Å². The first-order chi connectivity index (χ1) is 11.7. The van der Waals surface area contributed by atoms with Gasteiger partial charge >= 0.3 is 0 Å². The van der Waals surface area contributed by atoms with E-state index >= 15 is 0 Å². The molecule has 1 fully saturated rings. The Hall–Kier alpha value is -3.03. The van der Waals surface area contributed by atoms with Gasteiger partial charge in [-0.2, -0.15) is 5.10 Å². The topological polar surface area (TPSA) is 83.8 Å². The molecule has 0 unspecified atom stereocenters. The molecule has 0 amide bonds. The molecule has 4 aromatic rings. The third-order valence-corrected chi connectivity index (χ3v) is 4.37. The fourth-order valence-corrected chi connectivity index (χ4v) is 3.04. The SMILES string of the molecule is CNc1nc(-c2n[nH]c3ncc(F)cc23)nn2c(C3CC3)ccc12. The molecule has 0 saturated heterocycles. The maximum Gasteiger partial charge on any atom is 0.203 e. The number of fused-ring (bicyclic) bond motifs is 2. The molecule has 0 bridgehead atoms. The smallest absolute Gasteiger partial charge is 0.203 e. The minimum Gasteiger partial charge on any atom is -0.371 e. The minimum absolute atomic E-state index is 0.417. The number of aromatic nitrogens is 6. The first-order valence-electron chi connectivity index (χ1n) is 7.82. The molecule has 0 spiro atoms. The van der Waals surface area contributed by atoms with E-state index in [0.29, 0.717) is 34.3 Å². The van der Waals surface area contributed by atoms with Crippen molar-refractivity contribution in [2.75, 3.05) is 12.4 Å². The molecule has 0 aromatic carbocycles. The van der Waals surface area contributed by atoms with Crippen molar-refractivity contribution < 1.29 is 4.39 Å². The van der Waals surface area contributed by atoms with Gasteiger partial charge in [-0.1, -0.05) is 0 Å². The van der Waals surface area contributed by atoms with Crippen molar-refractivity contribution in [3.8, 4) is 11.5 Å². The highest BCUT2D eigenvalue weighted by molar-refractivity contribution is 5.89. The van der Waals surface area contributed by atoms with E-state index in [1.165, 1.54) is 24.6 Å². The number of aromatic amines is 1. The molecule has 0 radical (unpaired) electrons. The second-order valence-electron chi connectivity index (χ2n) is 5.99. The van der Waals surface area contributed by atoms with Crippen LogP contribution >= 0.6 is 0 Å². The number of pyridine rings is 1. The second-order valence-corrected chi connectivity index (χ2v) is 5.99. The summed E-state index contributed by atoms with van der Waals surface area (Å²) in [5.74, 6) is 1.28. The van der Waals surface area contributed by atoms with Gasteiger partial charge in [0.2, 0.25) is 5.82 Å². The largest absolute Gasteiger partial charge is 0.371 e. The lowest BCUT2D eigenvalue weighted by Gasteiger charge is -2.07. The summed E-state index contributed by atoms with van der Waals surface area (Å²) in [5, 5.41) is 15.4. The Kier molecular flexibility index (Phi) is 2.64. The number of nitrogens with zero attached hydrogens (tertiary/aromatic N) is 5. The van der Waals surface area contributed by atoms with Gasteiger partial charge in [-0.15, -0.1) is 5.10 Å². The van der Waals surface area contributed by atoms with Crippen LogP contribution in [0.15, 0.2) is 24.4 Å². The summed E-state index contributed by atoms with van der Waals surface area (Å²) in [5.41, 5.74) is 3.10. The van der Waals surface area contributed by atoms with Gasteiger partial charge in [-0.3, -0.25) is 5.10 Å². The highest BCUT2D eigenvalue weighted by Gasteiger charge is 2.28. The lowest BCUT2D eigenvalue weighted by Crippen LogP contribution is -2.05. The maximum absolute atomic E-state index is 13.6. The van der Waals surface area contributed by atoms with E-state index in [4.69, 9.17) is 0 Å². The molecule has 0 atom stereocenters. The number of hydrogen-bond donors (Lipinski definition) is 2. The first kappa shape index (κ1) is 13.4. The van der Waals surface area contributed by atoms with E-state index in [9.17, 15) is 4.39 Å². The molecule has 1 aliphatic carbocycles. The summed E-state index contributed by atoms with van der Waals surface area (Å²) in [4.78, 5) is 8.57. The summed E-state index contributed by atoms with van der Waals surface area (Å²) >= 11 is 0. The fraction of sp³-hybridized carbons (Fsp3) is 0.250. The third-order valence-electron chi connectivity index (χ3n) is 4.37. The van der Waals surface area contributed by atoms with Crippen molar-refractivity contribution in [2.24, 2.45) is 0 Å². The van der Waals surface area contributed by atoms with Crippen LogP contribution in [0.5, 0.6) is 0 Å². The molecule has 1 saturated carbocycles. The summed E-state index contributed by atoms with van der Waals surface area (Å²) < 4.78 is 15.5. The van der Waals surface area contributed by atoms with Crippen LogP contribution < -0.4 is 5.32 Å². The van der Waals surface area contributed by atoms with Crippen LogP contribution in [0, 0.1) is 5.82 Å². The van der Waals surface area contributed by atoms with E-state index < -0.39 is 5.82 Å². The zero-order chi connectivity index (χ0) is 16.3. The predicted octanol–water partition coefficient (Wildman–Crippen LogP) is 2.73. The van der Waals surface area contributed by atoms with Gasteiger partial charge in [0.1, 0.15) is 17.0 Å². The van der Waals surface area contributed by atoms with E-state index in [-0.39, 0.29) is 0 Å². The molecule has 120 valence electrons. The fourth-order valence-electron chi connectivity index (χ4n) is 3.04. The van der Waals surface area contributed by atoms with Crippen molar-refractivity contribution in [1.82, 2.24) is 29.8 Å². The van der Waals surface area contributed by atoms with E-state index in [1.54, 1.807) is 0 Å². The Morgan fingerprint density at radius 2 is 2.21 bits per heavy atom. The van der Waals surface area contributed by atoms with Crippen LogP contribution in [0.25, 0.3) is 28.1 Å². The Balaban J connectivity index is 1.78. The van der Waals surface area contributed by atoms with Crippen molar-refractivity contribution in [3.05, 3.63) is 35.9 Å². The number of nitrogens with one attached hydrogen (secondary N) is 2. The average molecular weight is 323 g/mol. The number of rotatable bonds is 3. The van der Waals surface area contributed by atoms with E-state index in [2.05, 4.69) is 36.6 Å². The van der Waals surface area contributed by atoms with Gasteiger partial charge in [0.05, 0.1) is 11.6 Å². The second kappa shape index (κ2) is 4.73. The van der Waals surface area contributed by atoms with Gasteiger partial charge in [-0.25, -0.2) is 18.9 Å². The number of H-pyrrole nitrogens is 1. The molecule has 7 nitrogen and oxygen atoms in total. The average Bonchev–Trinajstić information content (AvgIpc) is 3.21. The van der Waals surface area contributed by atoms with Gasteiger partial charge in [-0.05, 0) is 31.0 Å². The van der Waals surface area contributed by atoms with Crippen LogP contribution in [-0.4, -0.2) is 36.8 Å². The molecular weight excluding hydrogens is 309 g/mol. The zero-order valence-electron chi connectivity index (χ0n) is 12.9. The summed E-state index contributed by atoms with van der Waals surface area (Å²) in [6, 6.07) is 5.51. The normalized spacial score (nSPS) is 14.6. The van der Waals surface area contributed by atoms with E-state index in [1.807, 2.05) is 17.6 Å². The summed E-state index contributed by atoms with van der Waals surface area (Å²) in [6.07, 6.45) is 3.52. The molecule has 8 heteroatoms. The van der Waals surface area contributed by atoms with Gasteiger partial charge < -0.3 is 5.32 Å². The molecule has 4 aromatic heterocycles. The molecule has 2 N–H and O–H groups in total. The predicted molar refractivity (Wildman–Crippen MR) is 87.3 cm³/mol. The van der Waals surface area contributed by atoms with Crippen molar-refractivity contribution in [2.45, 2.75) is 18.8 Å². The lowest BCUT2D eigenvalue weighted by molar-refractivity contribution is 0.624. The van der Waals surface area contributed by atoms with Crippen LogP contribution in [0.1, 0.15) is 24.5 Å². The quantitative estimate of drug-likeness (QED) is 0.605. The zero-order valence-corrected chi connectivity index (χ0v) is 12.9. The monoisotopic (exact) mass is 323 g/mol.